The van der Waals surface area contributed by atoms with Crippen molar-refractivity contribution < 1.29 is 14.9 Å². The molecule has 2 aliphatic rings. The summed E-state index contributed by atoms with van der Waals surface area (Å²) in [6.07, 6.45) is 1.05. The number of piperidine rings is 1. The van der Waals surface area contributed by atoms with Gasteiger partial charge < -0.3 is 14.6 Å². The van der Waals surface area contributed by atoms with Crippen LogP contribution in [-0.4, -0.2) is 22.6 Å². The Morgan fingerprint density at radius 2 is 2.08 bits per heavy atom. The van der Waals surface area contributed by atoms with E-state index in [2.05, 4.69) is 0 Å². The number of aromatic nitrogens is 1. The standard InChI is InChI=1S/C18H19N3O4/c22-15-4-5-17(21(24)25)14(7-15)11-19-8-12-6-13(10-19)16-2-1-3-18(23)20(16)9-12/h1-5,7,12-13,22H,6,8-11H2/t12-,13+/m0/s1. The zero-order valence-corrected chi connectivity index (χ0v) is 13.7. The monoisotopic (exact) mass is 341 g/mol. The third kappa shape index (κ3) is 2.91. The first-order valence-corrected chi connectivity index (χ1v) is 8.49. The fraction of sp³-hybridized carbons (Fsp3) is 0.389. The minimum atomic E-state index is -0.423. The summed E-state index contributed by atoms with van der Waals surface area (Å²) in [5.41, 5.74) is 1.62. The van der Waals surface area contributed by atoms with Crippen molar-refractivity contribution in [2.45, 2.75) is 25.4 Å². The molecule has 0 amide bonds. The van der Waals surface area contributed by atoms with Crippen LogP contribution in [0.5, 0.6) is 5.75 Å². The lowest BCUT2D eigenvalue weighted by Gasteiger charge is -2.40. The Hall–Kier alpha value is -2.67. The highest BCUT2D eigenvalue weighted by Gasteiger charge is 2.37. The maximum atomic E-state index is 12.1. The van der Waals surface area contributed by atoms with Crippen molar-refractivity contribution in [3.63, 3.8) is 0 Å². The topological polar surface area (TPSA) is 92.6 Å². The van der Waals surface area contributed by atoms with Gasteiger partial charge in [0.05, 0.1) is 23.6 Å². The lowest BCUT2D eigenvalue weighted by molar-refractivity contribution is -0.924. The van der Waals surface area contributed by atoms with Crippen molar-refractivity contribution in [1.29, 1.82) is 0 Å². The van der Waals surface area contributed by atoms with E-state index in [4.69, 9.17) is 0 Å². The van der Waals surface area contributed by atoms with Crippen molar-refractivity contribution >= 4 is 5.69 Å². The van der Waals surface area contributed by atoms with Crippen LogP contribution in [-0.2, 0) is 13.1 Å². The van der Waals surface area contributed by atoms with Gasteiger partial charge in [-0.25, -0.2) is 0 Å². The molecule has 2 aromatic rings. The summed E-state index contributed by atoms with van der Waals surface area (Å²) < 4.78 is 1.87. The van der Waals surface area contributed by atoms with E-state index >= 15 is 0 Å². The van der Waals surface area contributed by atoms with E-state index in [0.29, 0.717) is 24.6 Å². The summed E-state index contributed by atoms with van der Waals surface area (Å²) in [6.45, 7) is 2.85. The number of nitro benzene ring substituents is 1. The summed E-state index contributed by atoms with van der Waals surface area (Å²) in [5, 5.41) is 22.9. The van der Waals surface area contributed by atoms with Gasteiger partial charge in [-0.05, 0) is 12.5 Å². The first-order valence-electron chi connectivity index (χ1n) is 8.49. The SMILES string of the molecule is O=c1cccc2n1C[C@H]1C[C@@H]2C[NH+](Cc2cc([O-])ccc2[N+](=O)[O-])C1. The van der Waals surface area contributed by atoms with Crippen LogP contribution in [0.1, 0.15) is 23.6 Å². The van der Waals surface area contributed by atoms with Gasteiger partial charge in [-0.3, -0.25) is 14.9 Å². The molecule has 2 aliphatic heterocycles. The molecule has 1 aromatic carbocycles. The zero-order valence-electron chi connectivity index (χ0n) is 13.7. The average Bonchev–Trinajstić information content (AvgIpc) is 2.55. The smallest absolute Gasteiger partial charge is 0.278 e. The number of fused-ring (bicyclic) bond motifs is 4. The number of pyridine rings is 1. The van der Waals surface area contributed by atoms with Gasteiger partial charge >= 0.3 is 0 Å². The maximum absolute atomic E-state index is 12.1. The largest absolute Gasteiger partial charge is 0.872 e. The van der Waals surface area contributed by atoms with Gasteiger partial charge in [0.15, 0.2) is 0 Å². The molecule has 25 heavy (non-hydrogen) atoms. The number of hydrogen-bond donors (Lipinski definition) is 1. The van der Waals surface area contributed by atoms with Crippen molar-refractivity contribution in [2.75, 3.05) is 13.1 Å². The molecule has 1 fully saturated rings. The third-order valence-corrected chi connectivity index (χ3v) is 5.36. The van der Waals surface area contributed by atoms with Gasteiger partial charge in [-0.15, -0.1) is 5.75 Å². The van der Waals surface area contributed by atoms with Crippen LogP contribution >= 0.6 is 0 Å². The number of nitrogens with one attached hydrogen (secondary N) is 1. The number of likely N-dealkylation sites (tertiary alicyclic amines) is 1. The first kappa shape index (κ1) is 15.8. The highest BCUT2D eigenvalue weighted by molar-refractivity contribution is 5.43. The Morgan fingerprint density at radius 3 is 2.88 bits per heavy atom. The minimum absolute atomic E-state index is 0.0134. The van der Waals surface area contributed by atoms with E-state index in [9.17, 15) is 20.0 Å². The van der Waals surface area contributed by atoms with E-state index in [1.165, 1.54) is 23.1 Å². The van der Waals surface area contributed by atoms with Crippen LogP contribution in [0.15, 0.2) is 41.2 Å². The molecule has 1 N–H and O–H groups in total. The second-order valence-corrected chi connectivity index (χ2v) is 7.08. The van der Waals surface area contributed by atoms with E-state index < -0.39 is 4.92 Å². The van der Waals surface area contributed by atoms with Gasteiger partial charge in [0.25, 0.3) is 11.2 Å². The van der Waals surface area contributed by atoms with Crippen molar-refractivity contribution in [2.24, 2.45) is 5.92 Å². The minimum Gasteiger partial charge on any atom is -0.872 e. The van der Waals surface area contributed by atoms with Gasteiger partial charge in [-0.2, -0.15) is 0 Å². The molecule has 130 valence electrons. The number of rotatable bonds is 3. The summed E-state index contributed by atoms with van der Waals surface area (Å²) in [7, 11) is 0. The molecule has 7 heteroatoms. The number of benzene rings is 1. The Balaban J connectivity index is 1.60. The molecular weight excluding hydrogens is 322 g/mol. The molecule has 1 saturated heterocycles. The van der Waals surface area contributed by atoms with Crippen molar-refractivity contribution in [3.05, 3.63) is 68.1 Å². The molecule has 1 unspecified atom stereocenters. The van der Waals surface area contributed by atoms with E-state index in [1.54, 1.807) is 12.1 Å². The predicted octanol–water partition coefficient (Wildman–Crippen LogP) is 0.0323. The van der Waals surface area contributed by atoms with Crippen LogP contribution in [0.4, 0.5) is 5.69 Å². The van der Waals surface area contributed by atoms with Gasteiger partial charge in [0, 0.05) is 36.2 Å². The molecular formula is C18H19N3O4. The van der Waals surface area contributed by atoms with Crippen LogP contribution in [0, 0.1) is 16.0 Å². The summed E-state index contributed by atoms with van der Waals surface area (Å²) in [5.74, 6) is 0.468. The first-order chi connectivity index (χ1) is 12.0. The summed E-state index contributed by atoms with van der Waals surface area (Å²) in [6, 6.07) is 9.33. The lowest BCUT2D eigenvalue weighted by atomic mass is 9.83. The third-order valence-electron chi connectivity index (χ3n) is 5.36. The molecule has 0 aliphatic carbocycles. The molecule has 2 bridgehead atoms. The molecule has 4 rings (SSSR count). The Kier molecular flexibility index (Phi) is 3.80. The van der Waals surface area contributed by atoms with Crippen LogP contribution in [0.25, 0.3) is 0 Å². The quantitative estimate of drug-likeness (QED) is 0.630. The van der Waals surface area contributed by atoms with Gasteiger partial charge in [-0.1, -0.05) is 18.2 Å². The molecule has 3 heterocycles. The van der Waals surface area contributed by atoms with E-state index in [1.807, 2.05) is 10.6 Å². The lowest BCUT2D eigenvalue weighted by Crippen LogP contribution is -3.13. The fourth-order valence-corrected chi connectivity index (χ4v) is 4.41. The zero-order chi connectivity index (χ0) is 17.6. The summed E-state index contributed by atoms with van der Waals surface area (Å²) in [4.78, 5) is 24.1. The molecule has 0 radical (unpaired) electrons. The highest BCUT2D eigenvalue weighted by atomic mass is 16.6. The second-order valence-electron chi connectivity index (χ2n) is 7.08. The van der Waals surface area contributed by atoms with Crippen molar-refractivity contribution in [1.82, 2.24) is 4.57 Å². The molecule has 7 nitrogen and oxygen atoms in total. The normalized spacial score (nSPS) is 24.6. The molecule has 1 aromatic heterocycles. The fourth-order valence-electron chi connectivity index (χ4n) is 4.41. The molecule has 0 spiro atoms. The Labute approximate surface area is 144 Å². The maximum Gasteiger partial charge on any atom is 0.278 e. The number of hydrogen-bond acceptors (Lipinski definition) is 4. The van der Waals surface area contributed by atoms with Crippen LogP contribution < -0.4 is 15.6 Å². The Morgan fingerprint density at radius 1 is 1.24 bits per heavy atom. The summed E-state index contributed by atoms with van der Waals surface area (Å²) >= 11 is 0. The van der Waals surface area contributed by atoms with Gasteiger partial charge in [0.1, 0.15) is 6.54 Å². The van der Waals surface area contributed by atoms with Crippen LogP contribution in [0.2, 0.25) is 0 Å². The van der Waals surface area contributed by atoms with Crippen molar-refractivity contribution in [3.8, 4) is 5.75 Å². The van der Waals surface area contributed by atoms with Gasteiger partial charge in [0.2, 0.25) is 0 Å². The highest BCUT2D eigenvalue weighted by Crippen LogP contribution is 2.30. The van der Waals surface area contributed by atoms with Crippen LogP contribution in [0.3, 0.4) is 0 Å². The second kappa shape index (κ2) is 6.00. The molecule has 3 atom stereocenters. The predicted molar refractivity (Wildman–Crippen MR) is 88.5 cm³/mol. The number of nitro groups is 1. The number of quaternary nitrogens is 1. The number of nitrogens with zero attached hydrogens (tertiary/aromatic N) is 2. The van der Waals surface area contributed by atoms with E-state index in [0.717, 1.165) is 25.2 Å². The molecule has 0 saturated carbocycles. The Bertz CT molecular complexity index is 892. The average molecular weight is 341 g/mol. The van der Waals surface area contributed by atoms with E-state index in [-0.39, 0.29) is 22.9 Å².